The van der Waals surface area contributed by atoms with Crippen molar-refractivity contribution >= 4 is 17.2 Å². The molecular formula is C16H15N3O. The Morgan fingerprint density at radius 1 is 1.15 bits per heavy atom. The van der Waals surface area contributed by atoms with E-state index in [9.17, 15) is 4.79 Å². The Balaban J connectivity index is 1.97. The van der Waals surface area contributed by atoms with Gasteiger partial charge in [-0.3, -0.25) is 9.20 Å². The van der Waals surface area contributed by atoms with Gasteiger partial charge in [0.15, 0.2) is 0 Å². The van der Waals surface area contributed by atoms with Crippen molar-refractivity contribution in [2.45, 2.75) is 13.8 Å². The quantitative estimate of drug-likeness (QED) is 0.773. The summed E-state index contributed by atoms with van der Waals surface area (Å²) in [4.78, 5) is 16.6. The summed E-state index contributed by atoms with van der Waals surface area (Å²) < 4.78 is 1.81. The van der Waals surface area contributed by atoms with Gasteiger partial charge in [-0.15, -0.1) is 0 Å². The third kappa shape index (κ3) is 2.16. The summed E-state index contributed by atoms with van der Waals surface area (Å²) in [6, 6.07) is 11.6. The average Bonchev–Trinajstić information content (AvgIpc) is 2.84. The molecule has 2 aromatic heterocycles. The molecule has 0 saturated carbocycles. The molecule has 1 aromatic carbocycles. The lowest BCUT2D eigenvalue weighted by Gasteiger charge is -2.08. The number of carbonyl (C=O) groups is 1. The van der Waals surface area contributed by atoms with Crippen LogP contribution < -0.4 is 5.32 Å². The molecule has 0 saturated heterocycles. The second-order valence-corrected chi connectivity index (χ2v) is 4.85. The Kier molecular flexibility index (Phi) is 2.99. The molecule has 3 aromatic rings. The fourth-order valence-electron chi connectivity index (χ4n) is 2.15. The number of aromatic nitrogens is 2. The monoisotopic (exact) mass is 265 g/mol. The minimum atomic E-state index is -0.155. The van der Waals surface area contributed by atoms with Gasteiger partial charge in [-0.25, -0.2) is 4.98 Å². The SMILES string of the molecule is Cc1ccc2ncc(C(=O)Nc3ccccc3C)n2c1. The maximum Gasteiger partial charge on any atom is 0.274 e. The molecular weight excluding hydrogens is 250 g/mol. The highest BCUT2D eigenvalue weighted by molar-refractivity contribution is 6.03. The largest absolute Gasteiger partial charge is 0.320 e. The second-order valence-electron chi connectivity index (χ2n) is 4.85. The van der Waals surface area contributed by atoms with Crippen LogP contribution in [0.25, 0.3) is 5.65 Å². The third-order valence-corrected chi connectivity index (χ3v) is 3.28. The summed E-state index contributed by atoms with van der Waals surface area (Å²) in [5, 5.41) is 2.92. The van der Waals surface area contributed by atoms with Gasteiger partial charge in [0.1, 0.15) is 11.3 Å². The molecule has 100 valence electrons. The Morgan fingerprint density at radius 2 is 1.95 bits per heavy atom. The molecule has 1 N–H and O–H groups in total. The highest BCUT2D eigenvalue weighted by Gasteiger charge is 2.12. The van der Waals surface area contributed by atoms with Crippen LogP contribution in [0.5, 0.6) is 0 Å². The van der Waals surface area contributed by atoms with Crippen LogP contribution in [-0.4, -0.2) is 15.3 Å². The normalized spacial score (nSPS) is 10.7. The molecule has 0 bridgehead atoms. The number of hydrogen-bond donors (Lipinski definition) is 1. The molecule has 0 aliphatic carbocycles. The molecule has 20 heavy (non-hydrogen) atoms. The summed E-state index contributed by atoms with van der Waals surface area (Å²) in [7, 11) is 0. The third-order valence-electron chi connectivity index (χ3n) is 3.28. The van der Waals surface area contributed by atoms with E-state index in [-0.39, 0.29) is 5.91 Å². The molecule has 2 heterocycles. The molecule has 4 nitrogen and oxygen atoms in total. The number of nitrogens with one attached hydrogen (secondary N) is 1. The van der Waals surface area contributed by atoms with Crippen LogP contribution in [0.15, 0.2) is 48.8 Å². The van der Waals surface area contributed by atoms with Gasteiger partial charge < -0.3 is 5.32 Å². The maximum absolute atomic E-state index is 12.4. The van der Waals surface area contributed by atoms with Crippen molar-refractivity contribution in [3.63, 3.8) is 0 Å². The van der Waals surface area contributed by atoms with Crippen LogP contribution in [0, 0.1) is 13.8 Å². The zero-order chi connectivity index (χ0) is 14.1. The van der Waals surface area contributed by atoms with Crippen molar-refractivity contribution in [1.82, 2.24) is 9.38 Å². The number of benzene rings is 1. The van der Waals surface area contributed by atoms with Gasteiger partial charge in [0.05, 0.1) is 6.20 Å². The van der Waals surface area contributed by atoms with E-state index in [1.165, 1.54) is 0 Å². The minimum absolute atomic E-state index is 0.155. The lowest BCUT2D eigenvalue weighted by Crippen LogP contribution is -2.15. The molecule has 0 aliphatic rings. The van der Waals surface area contributed by atoms with Crippen molar-refractivity contribution in [2.75, 3.05) is 5.32 Å². The fourth-order valence-corrected chi connectivity index (χ4v) is 2.15. The first-order valence-corrected chi connectivity index (χ1v) is 6.46. The smallest absolute Gasteiger partial charge is 0.274 e. The number of nitrogens with zero attached hydrogens (tertiary/aromatic N) is 2. The van der Waals surface area contributed by atoms with E-state index >= 15 is 0 Å². The standard InChI is InChI=1S/C16H15N3O/c1-11-7-8-15-17-9-14(19(15)10-11)16(20)18-13-6-4-3-5-12(13)2/h3-10H,1-2H3,(H,18,20). The van der Waals surface area contributed by atoms with Crippen LogP contribution >= 0.6 is 0 Å². The van der Waals surface area contributed by atoms with Gasteiger partial charge in [-0.1, -0.05) is 24.3 Å². The van der Waals surface area contributed by atoms with Gasteiger partial charge in [-0.2, -0.15) is 0 Å². The zero-order valence-corrected chi connectivity index (χ0v) is 11.4. The summed E-state index contributed by atoms with van der Waals surface area (Å²) >= 11 is 0. The van der Waals surface area contributed by atoms with E-state index in [1.54, 1.807) is 6.20 Å². The summed E-state index contributed by atoms with van der Waals surface area (Å²) in [6.07, 6.45) is 3.51. The lowest BCUT2D eigenvalue weighted by atomic mass is 10.2. The van der Waals surface area contributed by atoms with Gasteiger partial charge in [-0.05, 0) is 37.1 Å². The van der Waals surface area contributed by atoms with Crippen LogP contribution in [0.3, 0.4) is 0 Å². The van der Waals surface area contributed by atoms with Crippen molar-refractivity contribution in [1.29, 1.82) is 0 Å². The van der Waals surface area contributed by atoms with E-state index in [4.69, 9.17) is 0 Å². The van der Waals surface area contributed by atoms with E-state index in [2.05, 4.69) is 10.3 Å². The molecule has 0 aliphatic heterocycles. The van der Waals surface area contributed by atoms with Crippen molar-refractivity contribution in [3.05, 3.63) is 65.6 Å². The summed E-state index contributed by atoms with van der Waals surface area (Å²) in [6.45, 7) is 3.96. The highest BCUT2D eigenvalue weighted by atomic mass is 16.1. The molecule has 0 unspecified atom stereocenters. The Bertz CT molecular complexity index is 789. The average molecular weight is 265 g/mol. The predicted molar refractivity (Wildman–Crippen MR) is 79.1 cm³/mol. The van der Waals surface area contributed by atoms with E-state index in [1.807, 2.05) is 60.8 Å². The highest BCUT2D eigenvalue weighted by Crippen LogP contribution is 2.15. The number of carbonyl (C=O) groups excluding carboxylic acids is 1. The van der Waals surface area contributed by atoms with Gasteiger partial charge in [0, 0.05) is 11.9 Å². The molecule has 0 spiro atoms. The summed E-state index contributed by atoms with van der Waals surface area (Å²) in [5.74, 6) is -0.155. The number of imidazole rings is 1. The first-order valence-electron chi connectivity index (χ1n) is 6.46. The number of hydrogen-bond acceptors (Lipinski definition) is 2. The first-order chi connectivity index (χ1) is 9.65. The van der Waals surface area contributed by atoms with Crippen molar-refractivity contribution in [3.8, 4) is 0 Å². The van der Waals surface area contributed by atoms with E-state index < -0.39 is 0 Å². The zero-order valence-electron chi connectivity index (χ0n) is 11.4. The number of aryl methyl sites for hydroxylation is 2. The van der Waals surface area contributed by atoms with E-state index in [0.29, 0.717) is 5.69 Å². The number of rotatable bonds is 2. The topological polar surface area (TPSA) is 46.4 Å². The number of anilines is 1. The molecule has 1 amide bonds. The minimum Gasteiger partial charge on any atom is -0.320 e. The number of para-hydroxylation sites is 1. The Morgan fingerprint density at radius 3 is 2.75 bits per heavy atom. The van der Waals surface area contributed by atoms with Crippen LogP contribution in [0.4, 0.5) is 5.69 Å². The van der Waals surface area contributed by atoms with Crippen LogP contribution in [0.1, 0.15) is 21.6 Å². The van der Waals surface area contributed by atoms with E-state index in [0.717, 1.165) is 22.5 Å². The van der Waals surface area contributed by atoms with Crippen LogP contribution in [-0.2, 0) is 0 Å². The van der Waals surface area contributed by atoms with Crippen molar-refractivity contribution in [2.24, 2.45) is 0 Å². The lowest BCUT2D eigenvalue weighted by molar-refractivity contribution is 0.102. The molecule has 0 atom stereocenters. The Hall–Kier alpha value is -2.62. The molecule has 0 radical (unpaired) electrons. The van der Waals surface area contributed by atoms with Gasteiger partial charge >= 0.3 is 0 Å². The van der Waals surface area contributed by atoms with Gasteiger partial charge in [0.25, 0.3) is 5.91 Å². The molecule has 3 rings (SSSR count). The van der Waals surface area contributed by atoms with Gasteiger partial charge in [0.2, 0.25) is 0 Å². The second kappa shape index (κ2) is 4.81. The number of pyridine rings is 1. The number of fused-ring (bicyclic) bond motifs is 1. The Labute approximate surface area is 117 Å². The number of amides is 1. The first kappa shape index (κ1) is 12.4. The van der Waals surface area contributed by atoms with Crippen molar-refractivity contribution < 1.29 is 4.79 Å². The van der Waals surface area contributed by atoms with Crippen LogP contribution in [0.2, 0.25) is 0 Å². The molecule has 0 fully saturated rings. The fraction of sp³-hybridized carbons (Fsp3) is 0.125. The maximum atomic E-state index is 12.4. The summed E-state index contributed by atoms with van der Waals surface area (Å²) in [5.41, 5.74) is 4.24. The predicted octanol–water partition coefficient (Wildman–Crippen LogP) is 3.20. The molecule has 4 heteroatoms.